The maximum absolute atomic E-state index is 5.28. The summed E-state index contributed by atoms with van der Waals surface area (Å²) in [5.74, 6) is 2.64. The Balaban J connectivity index is 1.80. The van der Waals surface area contributed by atoms with Gasteiger partial charge in [0.2, 0.25) is 0 Å². The Morgan fingerprint density at radius 1 is 1.37 bits per heavy atom. The van der Waals surface area contributed by atoms with Crippen LogP contribution in [-0.4, -0.2) is 18.6 Å². The third-order valence-electron chi connectivity index (χ3n) is 4.00. The van der Waals surface area contributed by atoms with Crippen LogP contribution in [0.25, 0.3) is 0 Å². The van der Waals surface area contributed by atoms with Gasteiger partial charge < -0.3 is 10.1 Å². The van der Waals surface area contributed by atoms with Crippen LogP contribution in [0.2, 0.25) is 0 Å². The van der Waals surface area contributed by atoms with Crippen molar-refractivity contribution in [3.8, 4) is 5.75 Å². The number of rotatable bonds is 5. The predicted molar refractivity (Wildman–Crippen MR) is 78.4 cm³/mol. The number of pyridine rings is 1. The second-order valence-corrected chi connectivity index (χ2v) is 5.91. The Morgan fingerprint density at radius 2 is 2.21 bits per heavy atom. The van der Waals surface area contributed by atoms with Gasteiger partial charge in [-0.2, -0.15) is 0 Å². The summed E-state index contributed by atoms with van der Waals surface area (Å²) in [6.45, 7) is 6.33. The zero-order valence-corrected chi connectivity index (χ0v) is 12.4. The van der Waals surface area contributed by atoms with E-state index in [-0.39, 0.29) is 0 Å². The third kappa shape index (κ3) is 4.50. The Labute approximate surface area is 116 Å². The molecule has 1 N–H and O–H groups in total. The zero-order valence-electron chi connectivity index (χ0n) is 12.4. The molecule has 2 unspecified atom stereocenters. The molecule has 0 spiro atoms. The number of aromatic nitrogens is 1. The van der Waals surface area contributed by atoms with Gasteiger partial charge in [0.05, 0.1) is 12.8 Å². The van der Waals surface area contributed by atoms with Crippen molar-refractivity contribution >= 4 is 0 Å². The van der Waals surface area contributed by atoms with Gasteiger partial charge in [-0.25, -0.2) is 0 Å². The van der Waals surface area contributed by atoms with E-state index in [1.807, 2.05) is 19.1 Å². The average molecular weight is 262 g/mol. The molecule has 1 fully saturated rings. The van der Waals surface area contributed by atoms with E-state index >= 15 is 0 Å². The molecule has 1 aromatic rings. The van der Waals surface area contributed by atoms with Crippen LogP contribution >= 0.6 is 0 Å². The van der Waals surface area contributed by atoms with Crippen molar-refractivity contribution in [1.82, 2.24) is 10.3 Å². The highest BCUT2D eigenvalue weighted by molar-refractivity contribution is 5.26. The quantitative estimate of drug-likeness (QED) is 0.884. The molecule has 1 saturated carbocycles. The Hall–Kier alpha value is -1.09. The number of nitrogens with zero attached hydrogens (tertiary/aromatic N) is 1. The largest absolute Gasteiger partial charge is 0.497 e. The highest BCUT2D eigenvalue weighted by Gasteiger charge is 2.18. The normalized spacial score (nSPS) is 23.3. The molecule has 0 amide bonds. The maximum Gasteiger partial charge on any atom is 0.122 e. The summed E-state index contributed by atoms with van der Waals surface area (Å²) in [6.07, 6.45) is 5.55. The van der Waals surface area contributed by atoms with Crippen LogP contribution in [0.3, 0.4) is 0 Å². The van der Waals surface area contributed by atoms with E-state index in [0.717, 1.165) is 42.1 Å². The van der Waals surface area contributed by atoms with Crippen molar-refractivity contribution in [2.75, 3.05) is 13.7 Å². The Bertz CT molecular complexity index is 406. The number of hydrogen-bond donors (Lipinski definition) is 1. The third-order valence-corrected chi connectivity index (χ3v) is 4.00. The highest BCUT2D eigenvalue weighted by Crippen LogP contribution is 2.27. The van der Waals surface area contributed by atoms with Gasteiger partial charge in [-0.05, 0) is 38.1 Å². The van der Waals surface area contributed by atoms with E-state index in [4.69, 9.17) is 4.74 Å². The minimum atomic E-state index is 0.836. The molecule has 3 nitrogen and oxygen atoms in total. The second-order valence-electron chi connectivity index (χ2n) is 5.91. The fourth-order valence-corrected chi connectivity index (χ4v) is 3.06. The van der Waals surface area contributed by atoms with Crippen LogP contribution < -0.4 is 10.1 Å². The first-order valence-electron chi connectivity index (χ1n) is 7.39. The van der Waals surface area contributed by atoms with Gasteiger partial charge in [0, 0.05) is 24.4 Å². The molecule has 0 radical (unpaired) electrons. The van der Waals surface area contributed by atoms with Gasteiger partial charge in [0.15, 0.2) is 0 Å². The summed E-state index contributed by atoms with van der Waals surface area (Å²) in [5, 5.41) is 3.55. The molecule has 2 rings (SSSR count). The first-order chi connectivity index (χ1) is 9.17. The molecule has 1 heterocycles. The molecule has 0 bridgehead atoms. The average Bonchev–Trinajstić information content (AvgIpc) is 2.38. The van der Waals surface area contributed by atoms with Gasteiger partial charge in [-0.3, -0.25) is 4.98 Å². The maximum atomic E-state index is 5.28. The molecule has 0 aliphatic heterocycles. The lowest BCUT2D eigenvalue weighted by molar-refractivity contribution is 0.274. The van der Waals surface area contributed by atoms with Crippen LogP contribution in [0.15, 0.2) is 12.1 Å². The first kappa shape index (κ1) is 14.3. The Kier molecular flexibility index (Phi) is 5.20. The van der Waals surface area contributed by atoms with E-state index < -0.39 is 0 Å². The fraction of sp³-hybridized carbons (Fsp3) is 0.688. The van der Waals surface area contributed by atoms with Crippen molar-refractivity contribution in [3.63, 3.8) is 0 Å². The van der Waals surface area contributed by atoms with Crippen molar-refractivity contribution in [2.45, 2.75) is 46.1 Å². The summed E-state index contributed by atoms with van der Waals surface area (Å²) in [4.78, 5) is 4.54. The highest BCUT2D eigenvalue weighted by atomic mass is 16.5. The molecular formula is C16H26N2O. The monoisotopic (exact) mass is 262 g/mol. The molecule has 19 heavy (non-hydrogen) atoms. The van der Waals surface area contributed by atoms with Gasteiger partial charge in [-0.1, -0.05) is 19.8 Å². The minimum Gasteiger partial charge on any atom is -0.497 e. The number of aryl methyl sites for hydroxylation is 1. The lowest BCUT2D eigenvalue weighted by Gasteiger charge is -2.26. The number of hydrogen-bond acceptors (Lipinski definition) is 3. The van der Waals surface area contributed by atoms with E-state index in [2.05, 4.69) is 17.2 Å². The molecular weight excluding hydrogens is 236 g/mol. The molecule has 1 aliphatic rings. The van der Waals surface area contributed by atoms with Crippen molar-refractivity contribution in [2.24, 2.45) is 11.8 Å². The number of nitrogens with one attached hydrogen (secondary N) is 1. The molecule has 0 aromatic carbocycles. The summed E-state index contributed by atoms with van der Waals surface area (Å²) in [6, 6.07) is 3.98. The van der Waals surface area contributed by atoms with Crippen molar-refractivity contribution in [3.05, 3.63) is 23.5 Å². The van der Waals surface area contributed by atoms with E-state index in [1.165, 1.54) is 25.7 Å². The van der Waals surface area contributed by atoms with Crippen LogP contribution in [0.1, 0.15) is 44.0 Å². The van der Waals surface area contributed by atoms with Crippen LogP contribution in [0.5, 0.6) is 5.75 Å². The number of ether oxygens (including phenoxy) is 1. The molecule has 106 valence electrons. The van der Waals surface area contributed by atoms with Gasteiger partial charge in [-0.15, -0.1) is 0 Å². The number of methoxy groups -OCH3 is 1. The van der Waals surface area contributed by atoms with Gasteiger partial charge in [0.25, 0.3) is 0 Å². The fourth-order valence-electron chi connectivity index (χ4n) is 3.06. The molecule has 3 heteroatoms. The summed E-state index contributed by atoms with van der Waals surface area (Å²) < 4.78 is 5.28. The molecule has 1 aromatic heterocycles. The molecule has 1 aliphatic carbocycles. The summed E-state index contributed by atoms with van der Waals surface area (Å²) in [7, 11) is 1.70. The van der Waals surface area contributed by atoms with Crippen molar-refractivity contribution < 1.29 is 4.74 Å². The lowest BCUT2D eigenvalue weighted by Crippen LogP contribution is -2.26. The van der Waals surface area contributed by atoms with E-state index in [1.54, 1.807) is 7.11 Å². The first-order valence-corrected chi connectivity index (χ1v) is 7.39. The van der Waals surface area contributed by atoms with E-state index in [0.29, 0.717) is 0 Å². The second kappa shape index (κ2) is 6.90. The lowest BCUT2D eigenvalue weighted by atomic mass is 9.82. The van der Waals surface area contributed by atoms with Gasteiger partial charge in [0.1, 0.15) is 5.75 Å². The van der Waals surface area contributed by atoms with Crippen molar-refractivity contribution in [1.29, 1.82) is 0 Å². The van der Waals surface area contributed by atoms with Crippen LogP contribution in [0, 0.1) is 18.8 Å². The zero-order chi connectivity index (χ0) is 13.7. The molecule has 2 atom stereocenters. The van der Waals surface area contributed by atoms with E-state index in [9.17, 15) is 0 Å². The smallest absolute Gasteiger partial charge is 0.122 e. The van der Waals surface area contributed by atoms with Crippen LogP contribution in [-0.2, 0) is 6.54 Å². The van der Waals surface area contributed by atoms with Gasteiger partial charge >= 0.3 is 0 Å². The minimum absolute atomic E-state index is 0.836. The predicted octanol–water partition coefficient (Wildman–Crippen LogP) is 3.31. The topological polar surface area (TPSA) is 34.1 Å². The summed E-state index contributed by atoms with van der Waals surface area (Å²) >= 11 is 0. The Morgan fingerprint density at radius 3 is 2.95 bits per heavy atom. The summed E-state index contributed by atoms with van der Waals surface area (Å²) in [5.41, 5.74) is 2.09. The molecule has 0 saturated heterocycles. The SMILES string of the molecule is COc1cc(C)nc(CNCC2CCCC(C)C2)c1. The standard InChI is InChI=1S/C16H26N2O/c1-12-5-4-6-14(7-12)10-17-11-15-9-16(19-3)8-13(2)18-15/h8-9,12,14,17H,4-7,10-11H2,1-3H3. The van der Waals surface area contributed by atoms with Crippen LogP contribution in [0.4, 0.5) is 0 Å².